The standard InChI is InChI=1S/C10H12N2O2S/c1-7(13)15-8-5-12(6-8)10(14)9-3-2-4-11-9/h2-4,8,11H,5-6H2,1H3. The van der Waals surface area contributed by atoms with E-state index in [0.29, 0.717) is 18.8 Å². The SMILES string of the molecule is CC(=O)SC1CN(C(=O)c2ccc[nH]2)C1. The van der Waals surface area contributed by atoms with Gasteiger partial charge in [-0.1, -0.05) is 11.8 Å². The van der Waals surface area contributed by atoms with Crippen LogP contribution in [0.5, 0.6) is 0 Å². The number of hydrogen-bond donors (Lipinski definition) is 1. The van der Waals surface area contributed by atoms with Gasteiger partial charge in [-0.2, -0.15) is 0 Å². The first kappa shape index (κ1) is 10.3. The number of nitrogens with one attached hydrogen (secondary N) is 1. The fourth-order valence-electron chi connectivity index (χ4n) is 1.55. The van der Waals surface area contributed by atoms with Crippen molar-refractivity contribution in [2.45, 2.75) is 12.2 Å². The molecule has 1 aliphatic heterocycles. The summed E-state index contributed by atoms with van der Waals surface area (Å²) in [5.74, 6) is 0.0143. The minimum Gasteiger partial charge on any atom is -0.357 e. The molecule has 1 aliphatic rings. The molecule has 1 N–H and O–H groups in total. The Bertz CT molecular complexity index is 369. The van der Waals surface area contributed by atoms with Crippen molar-refractivity contribution >= 4 is 22.8 Å². The van der Waals surface area contributed by atoms with Crippen LogP contribution in [0, 0.1) is 0 Å². The second kappa shape index (κ2) is 4.10. The van der Waals surface area contributed by atoms with E-state index in [1.54, 1.807) is 30.2 Å². The zero-order chi connectivity index (χ0) is 10.8. The lowest BCUT2D eigenvalue weighted by Crippen LogP contribution is -2.52. The molecule has 0 unspecified atom stereocenters. The minimum atomic E-state index is 0.0143. The zero-order valence-corrected chi connectivity index (χ0v) is 9.21. The third kappa shape index (κ3) is 2.23. The van der Waals surface area contributed by atoms with Crippen LogP contribution < -0.4 is 0 Å². The van der Waals surface area contributed by atoms with Gasteiger partial charge in [0.25, 0.3) is 5.91 Å². The van der Waals surface area contributed by atoms with E-state index in [-0.39, 0.29) is 16.3 Å². The van der Waals surface area contributed by atoms with Crippen molar-refractivity contribution in [2.75, 3.05) is 13.1 Å². The summed E-state index contributed by atoms with van der Waals surface area (Å²) < 4.78 is 0. The van der Waals surface area contributed by atoms with Crippen LogP contribution in [0.4, 0.5) is 0 Å². The maximum atomic E-state index is 11.7. The first-order valence-corrected chi connectivity index (χ1v) is 5.64. The number of H-pyrrole nitrogens is 1. The molecule has 0 spiro atoms. The molecule has 15 heavy (non-hydrogen) atoms. The molecule has 1 aromatic rings. The van der Waals surface area contributed by atoms with Crippen molar-refractivity contribution in [2.24, 2.45) is 0 Å². The highest BCUT2D eigenvalue weighted by Crippen LogP contribution is 2.23. The molecule has 0 bridgehead atoms. The summed E-state index contributed by atoms with van der Waals surface area (Å²) in [6.07, 6.45) is 1.73. The summed E-state index contributed by atoms with van der Waals surface area (Å²) in [7, 11) is 0. The average Bonchev–Trinajstić information content (AvgIpc) is 2.61. The quantitative estimate of drug-likeness (QED) is 0.819. The Balaban J connectivity index is 1.85. The number of rotatable bonds is 2. The maximum Gasteiger partial charge on any atom is 0.270 e. The van der Waals surface area contributed by atoms with E-state index in [4.69, 9.17) is 0 Å². The van der Waals surface area contributed by atoms with Gasteiger partial charge in [-0.3, -0.25) is 9.59 Å². The highest BCUT2D eigenvalue weighted by molar-refractivity contribution is 8.14. The van der Waals surface area contributed by atoms with E-state index in [1.807, 2.05) is 0 Å². The zero-order valence-electron chi connectivity index (χ0n) is 8.40. The number of amides is 1. The van der Waals surface area contributed by atoms with Gasteiger partial charge in [0, 0.05) is 31.5 Å². The van der Waals surface area contributed by atoms with Crippen LogP contribution >= 0.6 is 11.8 Å². The summed E-state index contributed by atoms with van der Waals surface area (Å²) in [6, 6.07) is 3.56. The molecule has 2 heterocycles. The molecule has 1 aromatic heterocycles. The van der Waals surface area contributed by atoms with Crippen molar-refractivity contribution in [3.8, 4) is 0 Å². The van der Waals surface area contributed by atoms with E-state index in [9.17, 15) is 9.59 Å². The van der Waals surface area contributed by atoms with Crippen LogP contribution in [-0.2, 0) is 4.79 Å². The van der Waals surface area contributed by atoms with Crippen LogP contribution in [0.1, 0.15) is 17.4 Å². The van der Waals surface area contributed by atoms with Crippen molar-refractivity contribution in [1.82, 2.24) is 9.88 Å². The summed E-state index contributed by atoms with van der Waals surface area (Å²) >= 11 is 1.32. The number of likely N-dealkylation sites (tertiary alicyclic amines) is 1. The van der Waals surface area contributed by atoms with Gasteiger partial charge in [-0.25, -0.2) is 0 Å². The number of aromatic nitrogens is 1. The lowest BCUT2D eigenvalue weighted by atomic mass is 10.2. The van der Waals surface area contributed by atoms with Crippen LogP contribution in [0.2, 0.25) is 0 Å². The lowest BCUT2D eigenvalue weighted by Gasteiger charge is -2.37. The van der Waals surface area contributed by atoms with E-state index < -0.39 is 0 Å². The maximum absolute atomic E-state index is 11.7. The van der Waals surface area contributed by atoms with Crippen LogP contribution in [-0.4, -0.2) is 39.2 Å². The van der Waals surface area contributed by atoms with Crippen molar-refractivity contribution in [1.29, 1.82) is 0 Å². The molecule has 80 valence electrons. The molecule has 0 atom stereocenters. The highest BCUT2D eigenvalue weighted by atomic mass is 32.2. The van der Waals surface area contributed by atoms with E-state index in [0.717, 1.165) is 0 Å². The molecule has 1 amide bonds. The Kier molecular flexibility index (Phi) is 2.81. The fourth-order valence-corrected chi connectivity index (χ4v) is 2.53. The van der Waals surface area contributed by atoms with E-state index in [2.05, 4.69) is 4.98 Å². The molecule has 1 saturated heterocycles. The van der Waals surface area contributed by atoms with Crippen LogP contribution in [0.15, 0.2) is 18.3 Å². The number of carbonyl (C=O) groups excluding carboxylic acids is 2. The Morgan fingerprint density at radius 2 is 2.27 bits per heavy atom. The third-order valence-corrected chi connectivity index (χ3v) is 3.26. The Morgan fingerprint density at radius 3 is 2.80 bits per heavy atom. The van der Waals surface area contributed by atoms with Crippen LogP contribution in [0.3, 0.4) is 0 Å². The first-order valence-electron chi connectivity index (χ1n) is 4.76. The number of hydrogen-bond acceptors (Lipinski definition) is 3. The topological polar surface area (TPSA) is 53.2 Å². The van der Waals surface area contributed by atoms with E-state index in [1.165, 1.54) is 11.8 Å². The molecule has 0 saturated carbocycles. The lowest BCUT2D eigenvalue weighted by molar-refractivity contribution is -0.109. The Labute approximate surface area is 92.0 Å². The minimum absolute atomic E-state index is 0.0143. The van der Waals surface area contributed by atoms with Gasteiger partial charge >= 0.3 is 0 Å². The molecule has 0 aliphatic carbocycles. The van der Waals surface area contributed by atoms with Gasteiger partial charge < -0.3 is 9.88 Å². The number of thioether (sulfide) groups is 1. The van der Waals surface area contributed by atoms with Crippen LogP contribution in [0.25, 0.3) is 0 Å². The second-order valence-corrected chi connectivity index (χ2v) is 5.00. The first-order chi connectivity index (χ1) is 7.16. The molecule has 1 fully saturated rings. The summed E-state index contributed by atoms with van der Waals surface area (Å²) in [5, 5.41) is 0.397. The highest BCUT2D eigenvalue weighted by Gasteiger charge is 2.32. The van der Waals surface area contributed by atoms with Crippen molar-refractivity contribution < 1.29 is 9.59 Å². The third-order valence-electron chi connectivity index (χ3n) is 2.30. The largest absolute Gasteiger partial charge is 0.357 e. The summed E-state index contributed by atoms with van der Waals surface area (Å²) in [6.45, 7) is 2.89. The number of aromatic amines is 1. The second-order valence-electron chi connectivity index (χ2n) is 3.53. The molecule has 0 radical (unpaired) electrons. The summed E-state index contributed by atoms with van der Waals surface area (Å²) in [5.41, 5.74) is 0.612. The predicted octanol–water partition coefficient (Wildman–Crippen LogP) is 1.12. The molecule has 0 aromatic carbocycles. The molecular weight excluding hydrogens is 212 g/mol. The predicted molar refractivity (Wildman–Crippen MR) is 58.8 cm³/mol. The monoisotopic (exact) mass is 224 g/mol. The smallest absolute Gasteiger partial charge is 0.270 e. The number of nitrogens with zero attached hydrogens (tertiary/aromatic N) is 1. The average molecular weight is 224 g/mol. The van der Waals surface area contributed by atoms with E-state index >= 15 is 0 Å². The molecule has 5 heteroatoms. The van der Waals surface area contributed by atoms with Gasteiger partial charge in [0.15, 0.2) is 5.12 Å². The van der Waals surface area contributed by atoms with Gasteiger partial charge in [-0.15, -0.1) is 0 Å². The van der Waals surface area contributed by atoms with Gasteiger partial charge in [0.05, 0.1) is 0 Å². The Morgan fingerprint density at radius 1 is 1.53 bits per heavy atom. The molecular formula is C10H12N2O2S. The molecule has 4 nitrogen and oxygen atoms in total. The number of carbonyl (C=O) groups is 2. The van der Waals surface area contributed by atoms with Crippen molar-refractivity contribution in [3.05, 3.63) is 24.0 Å². The summed E-state index contributed by atoms with van der Waals surface area (Å²) in [4.78, 5) is 27.1. The van der Waals surface area contributed by atoms with Crippen molar-refractivity contribution in [3.63, 3.8) is 0 Å². The van der Waals surface area contributed by atoms with Gasteiger partial charge in [0.2, 0.25) is 0 Å². The molecule has 2 rings (SSSR count). The van der Waals surface area contributed by atoms with Gasteiger partial charge in [0.1, 0.15) is 5.69 Å². The van der Waals surface area contributed by atoms with Gasteiger partial charge in [-0.05, 0) is 12.1 Å². The fraction of sp³-hybridized carbons (Fsp3) is 0.400. The normalized spacial score (nSPS) is 16.2. The Hall–Kier alpha value is -1.23.